The summed E-state index contributed by atoms with van der Waals surface area (Å²) < 4.78 is 0. The van der Waals surface area contributed by atoms with E-state index in [4.69, 9.17) is 5.73 Å². The average Bonchev–Trinajstić information content (AvgIpc) is 2.10. The second-order valence-electron chi connectivity index (χ2n) is 3.28. The van der Waals surface area contributed by atoms with Gasteiger partial charge in [0.15, 0.2) is 0 Å². The second-order valence-corrected chi connectivity index (χ2v) is 3.28. The summed E-state index contributed by atoms with van der Waals surface area (Å²) >= 11 is 0. The molecule has 1 aliphatic rings. The van der Waals surface area contributed by atoms with Crippen molar-refractivity contribution in [2.75, 3.05) is 0 Å². The molecule has 0 amide bonds. The molecule has 0 atom stereocenters. The van der Waals surface area contributed by atoms with Gasteiger partial charge in [-0.25, -0.2) is 0 Å². The fraction of sp³-hybridized carbons (Fsp3) is 1.00. The molecule has 0 aromatic heterocycles. The molecule has 0 heterocycles. The third kappa shape index (κ3) is 3.76. The van der Waals surface area contributed by atoms with Crippen molar-refractivity contribution in [2.45, 2.75) is 64.8 Å². The Morgan fingerprint density at radius 1 is 1.09 bits per heavy atom. The number of hydrogen-bond acceptors (Lipinski definition) is 1. The first-order chi connectivity index (χ1) is 5.27. The Balaban J connectivity index is 0.000000461. The smallest absolute Gasteiger partial charge is 0.0151 e. The zero-order valence-corrected chi connectivity index (χ0v) is 8.32. The standard InChI is InChI=1S/C8H17N.C2H6/c1-2-8(9)6-4-3-5-7-8;1-2/h2-7,9H2,1H3;1-2H3. The third-order valence-corrected chi connectivity index (χ3v) is 2.55. The van der Waals surface area contributed by atoms with E-state index in [1.54, 1.807) is 0 Å². The van der Waals surface area contributed by atoms with Crippen molar-refractivity contribution < 1.29 is 0 Å². The molecule has 68 valence electrons. The lowest BCUT2D eigenvalue weighted by atomic mass is 9.81. The Kier molecular flexibility index (Phi) is 5.57. The SMILES string of the molecule is CC.CCC1(N)CCCCC1. The van der Waals surface area contributed by atoms with Crippen LogP contribution in [0.15, 0.2) is 0 Å². The number of nitrogens with two attached hydrogens (primary N) is 1. The summed E-state index contributed by atoms with van der Waals surface area (Å²) in [5, 5.41) is 0. The number of rotatable bonds is 1. The van der Waals surface area contributed by atoms with Gasteiger partial charge in [0.05, 0.1) is 0 Å². The second kappa shape index (κ2) is 5.59. The van der Waals surface area contributed by atoms with Crippen LogP contribution >= 0.6 is 0 Å². The van der Waals surface area contributed by atoms with E-state index >= 15 is 0 Å². The average molecular weight is 157 g/mol. The molecule has 0 spiro atoms. The highest BCUT2D eigenvalue weighted by Gasteiger charge is 2.24. The molecule has 1 heteroatoms. The monoisotopic (exact) mass is 157 g/mol. The predicted octanol–water partition coefficient (Wildman–Crippen LogP) is 3.08. The van der Waals surface area contributed by atoms with Crippen molar-refractivity contribution in [3.8, 4) is 0 Å². The zero-order valence-electron chi connectivity index (χ0n) is 8.32. The van der Waals surface area contributed by atoms with E-state index in [0.717, 1.165) is 6.42 Å². The molecular formula is C10H23N. The molecule has 11 heavy (non-hydrogen) atoms. The molecule has 0 radical (unpaired) electrons. The molecule has 1 nitrogen and oxygen atoms in total. The Labute approximate surface area is 71.4 Å². The van der Waals surface area contributed by atoms with Crippen LogP contribution in [0.4, 0.5) is 0 Å². The van der Waals surface area contributed by atoms with Crippen molar-refractivity contribution in [2.24, 2.45) is 5.73 Å². The van der Waals surface area contributed by atoms with Crippen LogP contribution in [0.1, 0.15) is 59.3 Å². The molecule has 2 N–H and O–H groups in total. The van der Waals surface area contributed by atoms with Gasteiger partial charge in [-0.1, -0.05) is 40.0 Å². The molecule has 0 aliphatic heterocycles. The first-order valence-corrected chi connectivity index (χ1v) is 5.06. The Morgan fingerprint density at radius 2 is 1.55 bits per heavy atom. The van der Waals surface area contributed by atoms with Gasteiger partial charge < -0.3 is 5.73 Å². The Morgan fingerprint density at radius 3 is 1.82 bits per heavy atom. The molecule has 1 saturated carbocycles. The molecule has 1 fully saturated rings. The molecule has 0 aromatic rings. The lowest BCUT2D eigenvalue weighted by Crippen LogP contribution is -2.40. The molecule has 0 unspecified atom stereocenters. The lowest BCUT2D eigenvalue weighted by molar-refractivity contribution is 0.287. The molecule has 1 rings (SSSR count). The third-order valence-electron chi connectivity index (χ3n) is 2.55. The van der Waals surface area contributed by atoms with Gasteiger partial charge in [0, 0.05) is 5.54 Å². The highest BCUT2D eigenvalue weighted by atomic mass is 14.7. The van der Waals surface area contributed by atoms with E-state index in [1.165, 1.54) is 32.1 Å². The fourth-order valence-corrected chi connectivity index (χ4v) is 1.61. The topological polar surface area (TPSA) is 26.0 Å². The van der Waals surface area contributed by atoms with E-state index in [2.05, 4.69) is 6.92 Å². The van der Waals surface area contributed by atoms with E-state index < -0.39 is 0 Å². The van der Waals surface area contributed by atoms with Crippen molar-refractivity contribution in [3.63, 3.8) is 0 Å². The summed E-state index contributed by atoms with van der Waals surface area (Å²) in [6.45, 7) is 6.20. The van der Waals surface area contributed by atoms with Crippen molar-refractivity contribution in [1.82, 2.24) is 0 Å². The summed E-state index contributed by atoms with van der Waals surface area (Å²) in [5.74, 6) is 0. The molecule has 0 bridgehead atoms. The Hall–Kier alpha value is -0.0400. The largest absolute Gasteiger partial charge is 0.325 e. The van der Waals surface area contributed by atoms with Gasteiger partial charge >= 0.3 is 0 Å². The van der Waals surface area contributed by atoms with Crippen LogP contribution in [0.5, 0.6) is 0 Å². The van der Waals surface area contributed by atoms with Crippen LogP contribution in [0.25, 0.3) is 0 Å². The predicted molar refractivity (Wildman–Crippen MR) is 51.6 cm³/mol. The summed E-state index contributed by atoms with van der Waals surface area (Å²) in [5.41, 5.74) is 6.28. The Bertz CT molecular complexity index is 82.9. The van der Waals surface area contributed by atoms with E-state index in [9.17, 15) is 0 Å². The minimum atomic E-state index is 0.220. The van der Waals surface area contributed by atoms with Crippen LogP contribution in [0.3, 0.4) is 0 Å². The fourth-order valence-electron chi connectivity index (χ4n) is 1.61. The normalized spacial score (nSPS) is 21.8. The molecular weight excluding hydrogens is 134 g/mol. The maximum atomic E-state index is 6.06. The van der Waals surface area contributed by atoms with Gasteiger partial charge in [-0.05, 0) is 19.3 Å². The highest BCUT2D eigenvalue weighted by molar-refractivity contribution is 4.85. The van der Waals surface area contributed by atoms with Crippen LogP contribution in [-0.2, 0) is 0 Å². The molecule has 0 aromatic carbocycles. The van der Waals surface area contributed by atoms with E-state index in [0.29, 0.717) is 0 Å². The van der Waals surface area contributed by atoms with Crippen molar-refractivity contribution in [3.05, 3.63) is 0 Å². The van der Waals surface area contributed by atoms with Crippen LogP contribution in [0, 0.1) is 0 Å². The molecule has 1 aliphatic carbocycles. The van der Waals surface area contributed by atoms with E-state index in [-0.39, 0.29) is 5.54 Å². The zero-order chi connectivity index (χ0) is 8.74. The first-order valence-electron chi connectivity index (χ1n) is 5.06. The summed E-state index contributed by atoms with van der Waals surface area (Å²) in [6, 6.07) is 0. The van der Waals surface area contributed by atoms with Crippen molar-refractivity contribution >= 4 is 0 Å². The minimum absolute atomic E-state index is 0.220. The summed E-state index contributed by atoms with van der Waals surface area (Å²) in [4.78, 5) is 0. The van der Waals surface area contributed by atoms with Gasteiger partial charge in [0.25, 0.3) is 0 Å². The summed E-state index contributed by atoms with van der Waals surface area (Å²) in [6.07, 6.45) is 7.77. The van der Waals surface area contributed by atoms with Crippen LogP contribution in [-0.4, -0.2) is 5.54 Å². The lowest BCUT2D eigenvalue weighted by Gasteiger charge is -2.32. The maximum absolute atomic E-state index is 6.06. The van der Waals surface area contributed by atoms with E-state index in [1.807, 2.05) is 13.8 Å². The first kappa shape index (κ1) is 11.0. The quantitative estimate of drug-likeness (QED) is 0.622. The van der Waals surface area contributed by atoms with Gasteiger partial charge in [-0.3, -0.25) is 0 Å². The van der Waals surface area contributed by atoms with Gasteiger partial charge in [-0.2, -0.15) is 0 Å². The van der Waals surface area contributed by atoms with Gasteiger partial charge in [0.2, 0.25) is 0 Å². The molecule has 0 saturated heterocycles. The van der Waals surface area contributed by atoms with Crippen LogP contribution < -0.4 is 5.73 Å². The highest BCUT2D eigenvalue weighted by Crippen LogP contribution is 2.27. The van der Waals surface area contributed by atoms with Crippen LogP contribution in [0.2, 0.25) is 0 Å². The summed E-state index contributed by atoms with van der Waals surface area (Å²) in [7, 11) is 0. The number of hydrogen-bond donors (Lipinski definition) is 1. The maximum Gasteiger partial charge on any atom is 0.0151 e. The van der Waals surface area contributed by atoms with Gasteiger partial charge in [-0.15, -0.1) is 0 Å². The minimum Gasteiger partial charge on any atom is -0.325 e. The van der Waals surface area contributed by atoms with Crippen molar-refractivity contribution in [1.29, 1.82) is 0 Å². The van der Waals surface area contributed by atoms with Gasteiger partial charge in [0.1, 0.15) is 0 Å².